The van der Waals surface area contributed by atoms with Gasteiger partial charge in [-0.1, -0.05) is 6.42 Å². The third-order valence-electron chi connectivity index (χ3n) is 5.51. The van der Waals surface area contributed by atoms with Crippen molar-refractivity contribution in [3.05, 3.63) is 45.8 Å². The molecule has 2 N–H and O–H groups in total. The number of amides is 2. The van der Waals surface area contributed by atoms with Gasteiger partial charge < -0.3 is 10.2 Å². The van der Waals surface area contributed by atoms with Gasteiger partial charge in [-0.2, -0.15) is 5.10 Å². The molecule has 1 aromatic heterocycles. The number of carbonyl (C=O) groups excluding carboxylic acids is 2. The fourth-order valence-electron chi connectivity index (χ4n) is 3.88. The molecule has 7 heteroatoms. The number of nitrogens with zero attached hydrogens (tertiary/aromatic N) is 2. The number of hydrogen-bond acceptors (Lipinski definition) is 5. The molecule has 0 atom stereocenters. The van der Waals surface area contributed by atoms with Gasteiger partial charge in [-0.25, -0.2) is 5.43 Å². The number of hydrogen-bond donors (Lipinski definition) is 2. The third-order valence-corrected chi connectivity index (χ3v) is 6.72. The Morgan fingerprint density at radius 3 is 2.32 bits per heavy atom. The van der Waals surface area contributed by atoms with Crippen LogP contribution in [0.15, 0.2) is 29.4 Å². The summed E-state index contributed by atoms with van der Waals surface area (Å²) in [5, 5.41) is 7.70. The lowest BCUT2D eigenvalue weighted by atomic mass is 10.0. The lowest BCUT2D eigenvalue weighted by Gasteiger charge is -2.21. The number of aryl methyl sites for hydroxylation is 1. The summed E-state index contributed by atoms with van der Waals surface area (Å²) in [6, 6.07) is 7.62. The molecule has 0 bridgehead atoms. The molecule has 1 aromatic carbocycles. The second kappa shape index (κ2) is 10.6. The normalized spacial score (nSPS) is 13.0. The molecule has 0 aliphatic heterocycles. The molecule has 6 nitrogen and oxygen atoms in total. The zero-order valence-corrected chi connectivity index (χ0v) is 19.7. The Morgan fingerprint density at radius 2 is 1.68 bits per heavy atom. The van der Waals surface area contributed by atoms with E-state index >= 15 is 0 Å². The summed E-state index contributed by atoms with van der Waals surface area (Å²) in [5.41, 5.74) is 6.72. The highest BCUT2D eigenvalue weighted by atomic mass is 32.1. The van der Waals surface area contributed by atoms with Gasteiger partial charge in [0.15, 0.2) is 0 Å². The highest BCUT2D eigenvalue weighted by molar-refractivity contribution is 7.17. The minimum Gasteiger partial charge on any atom is -0.372 e. The second-order valence-corrected chi connectivity index (χ2v) is 9.05. The maximum absolute atomic E-state index is 13.0. The smallest absolute Gasteiger partial charge is 0.274 e. The summed E-state index contributed by atoms with van der Waals surface area (Å²) in [7, 11) is 0. The lowest BCUT2D eigenvalue weighted by Crippen LogP contribution is -2.22. The Morgan fingerprint density at radius 1 is 1.00 bits per heavy atom. The van der Waals surface area contributed by atoms with Crippen molar-refractivity contribution in [2.45, 2.75) is 59.8 Å². The van der Waals surface area contributed by atoms with Crippen molar-refractivity contribution in [2.75, 3.05) is 23.3 Å². The predicted molar refractivity (Wildman–Crippen MR) is 130 cm³/mol. The summed E-state index contributed by atoms with van der Waals surface area (Å²) >= 11 is 1.53. The van der Waals surface area contributed by atoms with Crippen LogP contribution in [-0.4, -0.2) is 30.6 Å². The molecule has 0 unspecified atom stereocenters. The van der Waals surface area contributed by atoms with E-state index < -0.39 is 0 Å². The van der Waals surface area contributed by atoms with Crippen LogP contribution in [0.2, 0.25) is 0 Å². The van der Waals surface area contributed by atoms with Crippen LogP contribution in [0.3, 0.4) is 0 Å². The standard InChI is InChI=1S/C24H32N4O2S/c1-5-28(6-2)18-14-12-17(13-15-18)22(29)25-24-21(23(30)27-26-16(3)4)19-10-8-7-9-11-20(19)31-24/h12-15H,5-11H2,1-4H3,(H,25,29)(H,27,30). The van der Waals surface area contributed by atoms with Crippen LogP contribution in [0.4, 0.5) is 10.7 Å². The summed E-state index contributed by atoms with van der Waals surface area (Å²) in [5.74, 6) is -0.459. The average Bonchev–Trinajstić information content (AvgIpc) is 2.93. The number of nitrogens with one attached hydrogen (secondary N) is 2. The molecular formula is C24H32N4O2S. The highest BCUT2D eigenvalue weighted by Gasteiger charge is 2.26. The first kappa shape index (κ1) is 23.0. The molecule has 1 aliphatic rings. The van der Waals surface area contributed by atoms with Crippen LogP contribution in [-0.2, 0) is 12.8 Å². The fraction of sp³-hybridized carbons (Fsp3) is 0.458. The van der Waals surface area contributed by atoms with E-state index in [4.69, 9.17) is 0 Å². The average molecular weight is 441 g/mol. The first-order valence-corrected chi connectivity index (χ1v) is 11.9. The van der Waals surface area contributed by atoms with Crippen molar-refractivity contribution >= 4 is 39.6 Å². The van der Waals surface area contributed by atoms with E-state index in [1.807, 2.05) is 38.1 Å². The van der Waals surface area contributed by atoms with Gasteiger partial charge in [-0.3, -0.25) is 9.59 Å². The zero-order valence-electron chi connectivity index (χ0n) is 18.9. The number of thiophene rings is 1. The fourth-order valence-corrected chi connectivity index (χ4v) is 5.16. The molecule has 1 heterocycles. The molecule has 2 amide bonds. The molecule has 0 fully saturated rings. The lowest BCUT2D eigenvalue weighted by molar-refractivity contribution is 0.0955. The van der Waals surface area contributed by atoms with E-state index in [2.05, 4.69) is 34.6 Å². The van der Waals surface area contributed by atoms with E-state index in [1.54, 1.807) is 0 Å². The molecule has 31 heavy (non-hydrogen) atoms. The maximum Gasteiger partial charge on any atom is 0.274 e. The third kappa shape index (κ3) is 5.53. The summed E-state index contributed by atoms with van der Waals surface area (Å²) in [6.07, 6.45) is 5.14. The molecule has 0 radical (unpaired) electrons. The van der Waals surface area contributed by atoms with E-state index in [0.717, 1.165) is 62.2 Å². The molecule has 1 aliphatic carbocycles. The molecule has 2 aromatic rings. The highest BCUT2D eigenvalue weighted by Crippen LogP contribution is 2.37. The van der Waals surface area contributed by atoms with Crippen molar-refractivity contribution in [2.24, 2.45) is 5.10 Å². The Hall–Kier alpha value is -2.67. The number of hydrazone groups is 1. The number of anilines is 2. The van der Waals surface area contributed by atoms with Gasteiger partial charge in [0.1, 0.15) is 5.00 Å². The van der Waals surface area contributed by atoms with E-state index in [9.17, 15) is 9.59 Å². The van der Waals surface area contributed by atoms with Crippen LogP contribution in [0.25, 0.3) is 0 Å². The van der Waals surface area contributed by atoms with E-state index in [1.165, 1.54) is 16.2 Å². The first-order valence-electron chi connectivity index (χ1n) is 11.1. The molecule has 0 spiro atoms. The number of benzene rings is 1. The van der Waals surface area contributed by atoms with Gasteiger partial charge in [-0.15, -0.1) is 11.3 Å². The Labute approximate surface area is 188 Å². The van der Waals surface area contributed by atoms with Crippen LogP contribution < -0.4 is 15.6 Å². The SMILES string of the molecule is CCN(CC)c1ccc(C(=O)Nc2sc3c(c2C(=O)NN=C(C)C)CCCCC3)cc1. The summed E-state index contributed by atoms with van der Waals surface area (Å²) in [4.78, 5) is 29.4. The van der Waals surface area contributed by atoms with E-state index in [0.29, 0.717) is 16.1 Å². The van der Waals surface area contributed by atoms with Gasteiger partial charge >= 0.3 is 0 Å². The minimum atomic E-state index is -0.257. The quantitative estimate of drug-likeness (QED) is 0.351. The van der Waals surface area contributed by atoms with Crippen molar-refractivity contribution in [1.82, 2.24) is 5.43 Å². The van der Waals surface area contributed by atoms with Crippen molar-refractivity contribution in [1.29, 1.82) is 0 Å². The zero-order chi connectivity index (χ0) is 22.4. The van der Waals surface area contributed by atoms with Crippen LogP contribution in [0, 0.1) is 0 Å². The molecule has 0 saturated heterocycles. The van der Waals surface area contributed by atoms with Gasteiger partial charge in [0.2, 0.25) is 0 Å². The second-order valence-electron chi connectivity index (χ2n) is 7.94. The number of carbonyl (C=O) groups is 2. The maximum atomic E-state index is 13.0. The Bertz CT molecular complexity index is 955. The summed E-state index contributed by atoms with van der Waals surface area (Å²) < 4.78 is 0. The van der Waals surface area contributed by atoms with Crippen LogP contribution in [0.5, 0.6) is 0 Å². The number of rotatable bonds is 7. The van der Waals surface area contributed by atoms with Gasteiger partial charge in [-0.05, 0) is 83.2 Å². The topological polar surface area (TPSA) is 73.8 Å². The molecule has 0 saturated carbocycles. The van der Waals surface area contributed by atoms with Crippen molar-refractivity contribution < 1.29 is 9.59 Å². The van der Waals surface area contributed by atoms with Crippen molar-refractivity contribution in [3.8, 4) is 0 Å². The van der Waals surface area contributed by atoms with Crippen LogP contribution >= 0.6 is 11.3 Å². The predicted octanol–water partition coefficient (Wildman–Crippen LogP) is 5.24. The molecule has 3 rings (SSSR count). The van der Waals surface area contributed by atoms with Gasteiger partial charge in [0.25, 0.3) is 11.8 Å². The van der Waals surface area contributed by atoms with Gasteiger partial charge in [0.05, 0.1) is 5.56 Å². The summed E-state index contributed by atoms with van der Waals surface area (Å²) in [6.45, 7) is 9.73. The monoisotopic (exact) mass is 440 g/mol. The Kier molecular flexibility index (Phi) is 7.85. The van der Waals surface area contributed by atoms with Crippen molar-refractivity contribution in [3.63, 3.8) is 0 Å². The minimum absolute atomic E-state index is 0.202. The molecular weight excluding hydrogens is 408 g/mol. The van der Waals surface area contributed by atoms with Crippen LogP contribution in [0.1, 0.15) is 78.1 Å². The first-order chi connectivity index (χ1) is 14.9. The Balaban J connectivity index is 1.87. The van der Waals surface area contributed by atoms with E-state index in [-0.39, 0.29) is 11.8 Å². The van der Waals surface area contributed by atoms with Gasteiger partial charge in [0, 0.05) is 34.9 Å². The largest absolute Gasteiger partial charge is 0.372 e. The molecule has 166 valence electrons. The number of fused-ring (bicyclic) bond motifs is 1.